The zero-order chi connectivity index (χ0) is 13.1. The van der Waals surface area contributed by atoms with Gasteiger partial charge in [0.1, 0.15) is 5.82 Å². The van der Waals surface area contributed by atoms with E-state index in [0.29, 0.717) is 12.3 Å². The maximum atomic E-state index is 13.2. The highest BCUT2D eigenvalue weighted by Gasteiger charge is 2.17. The second kappa shape index (κ2) is 5.47. The van der Waals surface area contributed by atoms with E-state index in [-0.39, 0.29) is 11.6 Å². The molecule has 2 rings (SSSR count). The summed E-state index contributed by atoms with van der Waals surface area (Å²) in [6, 6.07) is 4.64. The van der Waals surface area contributed by atoms with Gasteiger partial charge in [0.2, 0.25) is 0 Å². The van der Waals surface area contributed by atoms with E-state index in [2.05, 4.69) is 13.0 Å². The van der Waals surface area contributed by atoms with Crippen molar-refractivity contribution in [1.82, 2.24) is 0 Å². The Balaban J connectivity index is 2.09. The molecule has 2 heteroatoms. The van der Waals surface area contributed by atoms with Crippen molar-refractivity contribution < 1.29 is 9.18 Å². The molecule has 0 saturated heterocycles. The molecular formula is C16H19FO. The van der Waals surface area contributed by atoms with Crippen LogP contribution in [0.15, 0.2) is 29.8 Å². The van der Waals surface area contributed by atoms with E-state index in [1.807, 2.05) is 6.92 Å². The van der Waals surface area contributed by atoms with Gasteiger partial charge in [-0.05, 0) is 60.9 Å². The first-order chi connectivity index (χ1) is 8.56. The number of benzene rings is 1. The summed E-state index contributed by atoms with van der Waals surface area (Å²) in [5.74, 6) is 0.558. The average Bonchev–Trinajstić information content (AvgIpc) is 2.34. The molecule has 0 fully saturated rings. The Morgan fingerprint density at radius 2 is 2.22 bits per heavy atom. The molecule has 1 aliphatic rings. The summed E-state index contributed by atoms with van der Waals surface area (Å²) in [5.41, 5.74) is 2.71. The van der Waals surface area contributed by atoms with Crippen molar-refractivity contribution in [2.24, 2.45) is 5.92 Å². The Morgan fingerprint density at radius 3 is 2.89 bits per heavy atom. The maximum absolute atomic E-state index is 13.2. The molecule has 96 valence electrons. The van der Waals surface area contributed by atoms with Crippen LogP contribution in [0.4, 0.5) is 4.39 Å². The highest BCUT2D eigenvalue weighted by molar-refractivity contribution is 5.97. The van der Waals surface area contributed by atoms with Gasteiger partial charge in [-0.2, -0.15) is 0 Å². The lowest BCUT2D eigenvalue weighted by atomic mass is 9.87. The first kappa shape index (κ1) is 13.0. The van der Waals surface area contributed by atoms with Crippen molar-refractivity contribution in [3.05, 3.63) is 46.8 Å². The first-order valence-corrected chi connectivity index (χ1v) is 6.53. The lowest BCUT2D eigenvalue weighted by Crippen LogP contribution is -2.12. The van der Waals surface area contributed by atoms with Crippen LogP contribution in [0.1, 0.15) is 37.3 Å². The third-order valence-corrected chi connectivity index (χ3v) is 3.69. The molecule has 0 radical (unpaired) electrons. The number of hydrogen-bond donors (Lipinski definition) is 0. The number of hydrogen-bond acceptors (Lipinski definition) is 1. The summed E-state index contributed by atoms with van der Waals surface area (Å²) in [4.78, 5) is 12.1. The van der Waals surface area contributed by atoms with Crippen LogP contribution in [0.3, 0.4) is 0 Å². The van der Waals surface area contributed by atoms with Gasteiger partial charge in [0.25, 0.3) is 0 Å². The molecule has 1 aromatic carbocycles. The molecule has 0 heterocycles. The van der Waals surface area contributed by atoms with Gasteiger partial charge in [-0.15, -0.1) is 0 Å². The van der Waals surface area contributed by atoms with Crippen LogP contribution in [0, 0.1) is 18.7 Å². The van der Waals surface area contributed by atoms with Gasteiger partial charge in [0.05, 0.1) is 0 Å². The van der Waals surface area contributed by atoms with E-state index in [0.717, 1.165) is 36.0 Å². The van der Waals surface area contributed by atoms with E-state index >= 15 is 0 Å². The van der Waals surface area contributed by atoms with Gasteiger partial charge in [-0.3, -0.25) is 4.79 Å². The number of allylic oxidation sites excluding steroid dienone is 2. The van der Waals surface area contributed by atoms with Gasteiger partial charge < -0.3 is 0 Å². The monoisotopic (exact) mass is 246 g/mol. The minimum absolute atomic E-state index is 0.149. The number of carbonyl (C=O) groups excluding carboxylic acids is 1. The second-order valence-corrected chi connectivity index (χ2v) is 5.28. The molecule has 0 amide bonds. The van der Waals surface area contributed by atoms with E-state index in [9.17, 15) is 9.18 Å². The highest BCUT2D eigenvalue weighted by Crippen LogP contribution is 2.24. The first-order valence-electron chi connectivity index (χ1n) is 6.53. The van der Waals surface area contributed by atoms with Crippen LogP contribution < -0.4 is 0 Å². The van der Waals surface area contributed by atoms with Gasteiger partial charge in [0, 0.05) is 6.42 Å². The fourth-order valence-electron chi connectivity index (χ4n) is 2.34. The van der Waals surface area contributed by atoms with Crippen molar-refractivity contribution >= 4 is 5.78 Å². The van der Waals surface area contributed by atoms with Gasteiger partial charge >= 0.3 is 0 Å². The molecule has 0 aliphatic heterocycles. The SMILES string of the molecule is Cc1ccc(F)cc1CC(=O)C1=CCC(C)CC1. The van der Waals surface area contributed by atoms with Crippen LogP contribution in [0.5, 0.6) is 0 Å². The molecule has 1 unspecified atom stereocenters. The fourth-order valence-corrected chi connectivity index (χ4v) is 2.34. The van der Waals surface area contributed by atoms with Crippen molar-refractivity contribution in [2.75, 3.05) is 0 Å². The Hall–Kier alpha value is -1.44. The minimum Gasteiger partial charge on any atom is -0.294 e. The number of ketones is 1. The summed E-state index contributed by atoms with van der Waals surface area (Å²) in [7, 11) is 0. The van der Waals surface area contributed by atoms with Crippen molar-refractivity contribution in [3.8, 4) is 0 Å². The molecule has 1 aromatic rings. The average molecular weight is 246 g/mol. The van der Waals surface area contributed by atoms with E-state index < -0.39 is 0 Å². The van der Waals surface area contributed by atoms with Gasteiger partial charge in [0.15, 0.2) is 5.78 Å². The predicted molar refractivity (Wildman–Crippen MR) is 70.9 cm³/mol. The number of rotatable bonds is 3. The van der Waals surface area contributed by atoms with Crippen molar-refractivity contribution in [1.29, 1.82) is 0 Å². The summed E-state index contributed by atoms with van der Waals surface area (Å²) in [6.45, 7) is 4.12. The molecule has 1 nitrogen and oxygen atoms in total. The molecular weight excluding hydrogens is 227 g/mol. The van der Waals surface area contributed by atoms with Crippen LogP contribution in [-0.4, -0.2) is 5.78 Å². The molecule has 0 saturated carbocycles. The van der Waals surface area contributed by atoms with Crippen LogP contribution in [-0.2, 0) is 11.2 Å². The summed E-state index contributed by atoms with van der Waals surface area (Å²) in [6.07, 6.45) is 5.33. The fraction of sp³-hybridized carbons (Fsp3) is 0.438. The summed E-state index contributed by atoms with van der Waals surface area (Å²) in [5, 5.41) is 0. The Morgan fingerprint density at radius 1 is 1.44 bits per heavy atom. The van der Waals surface area contributed by atoms with E-state index in [4.69, 9.17) is 0 Å². The summed E-state index contributed by atoms with van der Waals surface area (Å²) >= 11 is 0. The summed E-state index contributed by atoms with van der Waals surface area (Å²) < 4.78 is 13.2. The molecule has 1 aliphatic carbocycles. The normalized spacial score (nSPS) is 19.5. The Kier molecular flexibility index (Phi) is 3.95. The molecule has 0 spiro atoms. The topological polar surface area (TPSA) is 17.1 Å². The lowest BCUT2D eigenvalue weighted by molar-refractivity contribution is -0.115. The second-order valence-electron chi connectivity index (χ2n) is 5.28. The standard InChI is InChI=1S/C16H19FO/c1-11-3-6-13(7-4-11)16(18)10-14-9-15(17)8-5-12(14)2/h5-6,8-9,11H,3-4,7,10H2,1-2H3. The number of halogens is 1. The molecule has 18 heavy (non-hydrogen) atoms. The van der Waals surface area contributed by atoms with Crippen LogP contribution in [0.25, 0.3) is 0 Å². The molecule has 0 N–H and O–H groups in total. The minimum atomic E-state index is -0.269. The number of aryl methyl sites for hydroxylation is 1. The van der Waals surface area contributed by atoms with Gasteiger partial charge in [-0.1, -0.05) is 19.1 Å². The Labute approximate surface area is 108 Å². The maximum Gasteiger partial charge on any atom is 0.162 e. The number of Topliss-reactive ketones (excluding diaryl/α,β-unsaturated/α-hetero) is 1. The quantitative estimate of drug-likeness (QED) is 0.788. The molecule has 0 aromatic heterocycles. The molecule has 1 atom stereocenters. The van der Waals surface area contributed by atoms with E-state index in [1.165, 1.54) is 12.1 Å². The largest absolute Gasteiger partial charge is 0.294 e. The van der Waals surface area contributed by atoms with Gasteiger partial charge in [-0.25, -0.2) is 4.39 Å². The van der Waals surface area contributed by atoms with Crippen LogP contribution in [0.2, 0.25) is 0 Å². The highest BCUT2D eigenvalue weighted by atomic mass is 19.1. The van der Waals surface area contributed by atoms with E-state index in [1.54, 1.807) is 6.07 Å². The smallest absolute Gasteiger partial charge is 0.162 e. The van der Waals surface area contributed by atoms with Crippen molar-refractivity contribution in [3.63, 3.8) is 0 Å². The van der Waals surface area contributed by atoms with Crippen LogP contribution >= 0.6 is 0 Å². The Bertz CT molecular complexity index is 488. The third-order valence-electron chi connectivity index (χ3n) is 3.69. The number of carbonyl (C=O) groups is 1. The lowest BCUT2D eigenvalue weighted by Gasteiger charge is -2.17. The predicted octanol–water partition coefficient (Wildman–Crippen LogP) is 3.99. The zero-order valence-corrected chi connectivity index (χ0v) is 11.0. The van der Waals surface area contributed by atoms with Crippen molar-refractivity contribution in [2.45, 2.75) is 39.5 Å². The molecule has 0 bridgehead atoms. The third kappa shape index (κ3) is 3.06. The zero-order valence-electron chi connectivity index (χ0n) is 11.0.